The summed E-state index contributed by atoms with van der Waals surface area (Å²) in [6.45, 7) is 1.67. The number of rotatable bonds is 12. The van der Waals surface area contributed by atoms with Crippen molar-refractivity contribution in [3.8, 4) is 11.5 Å². The molecule has 4 heterocycles. The molecule has 0 saturated heterocycles. The van der Waals surface area contributed by atoms with Gasteiger partial charge in [0.2, 0.25) is 0 Å². The van der Waals surface area contributed by atoms with E-state index in [2.05, 4.69) is 46.7 Å². The molecule has 7 aromatic rings. The largest absolute Gasteiger partial charge is 0.485 e. The average molecular weight is 610 g/mol. The molecule has 0 spiro atoms. The van der Waals surface area contributed by atoms with E-state index in [-0.39, 0.29) is 19.8 Å². The van der Waals surface area contributed by atoms with Crippen LogP contribution in [0.5, 0.6) is 11.5 Å². The number of hydrogen-bond donors (Lipinski definition) is 0. The second kappa shape index (κ2) is 13.1. The van der Waals surface area contributed by atoms with Crippen molar-refractivity contribution in [1.82, 2.24) is 40.0 Å². The van der Waals surface area contributed by atoms with Gasteiger partial charge in [-0.1, -0.05) is 70.1 Å². The first-order valence-corrected chi connectivity index (χ1v) is 14.5. The van der Waals surface area contributed by atoms with Crippen LogP contribution in [0.3, 0.4) is 0 Å². The van der Waals surface area contributed by atoms with Crippen LogP contribution in [0.2, 0.25) is 0 Å². The number of ether oxygens (including phenoxy) is 2. The molecule has 7 rings (SSSR count). The van der Waals surface area contributed by atoms with Crippen molar-refractivity contribution in [3.05, 3.63) is 142 Å². The summed E-state index contributed by atoms with van der Waals surface area (Å²) in [6, 6.07) is 25.5. The van der Waals surface area contributed by atoms with Crippen LogP contribution >= 0.6 is 0 Å². The summed E-state index contributed by atoms with van der Waals surface area (Å²) in [5.74, 6) is 1.38. The molecule has 0 radical (unpaired) electrons. The molecule has 0 fully saturated rings. The zero-order valence-electron chi connectivity index (χ0n) is 24.6. The van der Waals surface area contributed by atoms with Gasteiger partial charge in [0.05, 0.1) is 32.0 Å². The molecule has 0 amide bonds. The predicted octanol–water partition coefficient (Wildman–Crippen LogP) is 6.03. The Morgan fingerprint density at radius 2 is 1.15 bits per heavy atom. The quantitative estimate of drug-likeness (QED) is 0.0924. The van der Waals surface area contributed by atoms with Crippen LogP contribution in [0.25, 0.3) is 32.2 Å². The van der Waals surface area contributed by atoms with E-state index in [9.17, 15) is 0 Å². The predicted molar refractivity (Wildman–Crippen MR) is 170 cm³/mol. The summed E-state index contributed by atoms with van der Waals surface area (Å²) < 4.78 is 15.6. The van der Waals surface area contributed by atoms with Gasteiger partial charge >= 0.3 is 0 Å². The highest BCUT2D eigenvalue weighted by Crippen LogP contribution is 2.25. The van der Waals surface area contributed by atoms with E-state index in [0.29, 0.717) is 36.0 Å². The van der Waals surface area contributed by atoms with Crippen LogP contribution < -0.4 is 9.47 Å². The van der Waals surface area contributed by atoms with Gasteiger partial charge in [-0.3, -0.25) is 9.97 Å². The third-order valence-electron chi connectivity index (χ3n) is 7.23. The van der Waals surface area contributed by atoms with Gasteiger partial charge in [-0.05, 0) is 46.5 Å². The van der Waals surface area contributed by atoms with E-state index in [0.717, 1.165) is 38.5 Å². The number of azide groups is 1. The number of pyridine rings is 2. The maximum absolute atomic E-state index is 8.91. The summed E-state index contributed by atoms with van der Waals surface area (Å²) in [5.41, 5.74) is 14.7. The van der Waals surface area contributed by atoms with Crippen molar-refractivity contribution in [2.45, 2.75) is 32.8 Å². The Morgan fingerprint density at radius 3 is 1.67 bits per heavy atom. The molecule has 0 aliphatic heterocycles. The minimum absolute atomic E-state index is 0.225. The number of aromatic nitrogens is 8. The second-order valence-corrected chi connectivity index (χ2v) is 10.6. The Balaban J connectivity index is 1.02. The van der Waals surface area contributed by atoms with Crippen LogP contribution in [-0.4, -0.2) is 40.0 Å². The van der Waals surface area contributed by atoms with E-state index >= 15 is 0 Å². The Bertz CT molecular complexity index is 2030. The van der Waals surface area contributed by atoms with Gasteiger partial charge in [0, 0.05) is 28.1 Å². The molecule has 3 aromatic carbocycles. The fourth-order valence-corrected chi connectivity index (χ4v) is 5.25. The number of hydrogen-bond acceptors (Lipinski definition) is 9. The fourth-order valence-electron chi connectivity index (χ4n) is 5.25. The van der Waals surface area contributed by atoms with Crippen LogP contribution in [-0.2, 0) is 32.8 Å². The van der Waals surface area contributed by atoms with Gasteiger partial charge in [0.15, 0.2) is 0 Å². The highest BCUT2D eigenvalue weighted by molar-refractivity contribution is 5.84. The molecule has 46 heavy (non-hydrogen) atoms. The van der Waals surface area contributed by atoms with Crippen LogP contribution in [0.1, 0.15) is 28.1 Å². The van der Waals surface area contributed by atoms with Crippen molar-refractivity contribution >= 4 is 21.8 Å². The van der Waals surface area contributed by atoms with E-state index in [1.807, 2.05) is 85.2 Å². The van der Waals surface area contributed by atoms with Crippen molar-refractivity contribution < 1.29 is 9.47 Å². The lowest BCUT2D eigenvalue weighted by Crippen LogP contribution is -2.05. The van der Waals surface area contributed by atoms with Gasteiger partial charge in [0.25, 0.3) is 0 Å². The summed E-state index contributed by atoms with van der Waals surface area (Å²) in [6.07, 6.45) is 7.20. The third-order valence-corrected chi connectivity index (χ3v) is 7.23. The van der Waals surface area contributed by atoms with E-state index in [4.69, 9.17) is 15.0 Å². The lowest BCUT2D eigenvalue weighted by Gasteiger charge is -2.09. The standard InChI is InChI=1S/C33H27N11O2/c34-40-37-16-23-13-24(17-43-19-28(38-41-43)21-45-30-9-1-5-26-7-3-11-35-32(26)30)15-25(14-23)18-44-20-29(39-42-44)22-46-31-10-2-6-27-8-4-12-36-33(27)31/h1-15,19-20H,16-18,21-22H2. The molecule has 4 aromatic heterocycles. The molecular formula is C33H27N11O2. The summed E-state index contributed by atoms with van der Waals surface area (Å²) in [4.78, 5) is 11.8. The molecule has 0 atom stereocenters. The van der Waals surface area contributed by atoms with Gasteiger partial charge in [0.1, 0.15) is 47.1 Å². The van der Waals surface area contributed by atoms with E-state index in [1.165, 1.54) is 0 Å². The van der Waals surface area contributed by atoms with Crippen molar-refractivity contribution in [2.24, 2.45) is 5.11 Å². The lowest BCUT2D eigenvalue weighted by molar-refractivity contribution is 0.304. The summed E-state index contributed by atoms with van der Waals surface area (Å²) in [5, 5.41) is 23.0. The van der Waals surface area contributed by atoms with Crippen LogP contribution in [0.15, 0.2) is 109 Å². The molecule has 226 valence electrons. The molecule has 0 aliphatic carbocycles. The summed E-state index contributed by atoms with van der Waals surface area (Å²) in [7, 11) is 0. The van der Waals surface area contributed by atoms with E-state index in [1.54, 1.807) is 21.8 Å². The highest BCUT2D eigenvalue weighted by atomic mass is 16.5. The molecule has 0 N–H and O–H groups in total. The molecule has 13 heteroatoms. The maximum Gasteiger partial charge on any atom is 0.146 e. The number of para-hydroxylation sites is 2. The first-order valence-electron chi connectivity index (χ1n) is 14.5. The Labute approximate surface area is 262 Å². The Hall–Kier alpha value is -6.33. The fraction of sp³-hybridized carbons (Fsp3) is 0.152. The highest BCUT2D eigenvalue weighted by Gasteiger charge is 2.10. The number of benzene rings is 3. The molecule has 0 bridgehead atoms. The lowest BCUT2D eigenvalue weighted by atomic mass is 10.1. The first-order chi connectivity index (χ1) is 22.7. The molecule has 13 nitrogen and oxygen atoms in total. The molecule has 0 saturated carbocycles. The van der Waals surface area contributed by atoms with Gasteiger partial charge in [-0.2, -0.15) is 0 Å². The zero-order chi connectivity index (χ0) is 31.1. The topological polar surface area (TPSA) is 154 Å². The minimum Gasteiger partial charge on any atom is -0.485 e. The zero-order valence-corrected chi connectivity index (χ0v) is 24.6. The minimum atomic E-state index is 0.225. The smallest absolute Gasteiger partial charge is 0.146 e. The summed E-state index contributed by atoms with van der Waals surface area (Å²) >= 11 is 0. The SMILES string of the molecule is [N-]=[N+]=NCc1cc(Cn2cc(COc3cccc4cccnc34)nn2)cc(Cn2cc(COc3cccc4cccnc34)nn2)c1. The molecule has 0 unspecified atom stereocenters. The Morgan fingerprint density at radius 1 is 0.652 bits per heavy atom. The van der Waals surface area contributed by atoms with Gasteiger partial charge in [-0.25, -0.2) is 9.36 Å². The van der Waals surface area contributed by atoms with Crippen LogP contribution in [0.4, 0.5) is 0 Å². The average Bonchev–Trinajstić information content (AvgIpc) is 3.74. The molecule has 0 aliphatic rings. The van der Waals surface area contributed by atoms with Crippen molar-refractivity contribution in [2.75, 3.05) is 0 Å². The molecular weight excluding hydrogens is 582 g/mol. The van der Waals surface area contributed by atoms with E-state index < -0.39 is 0 Å². The van der Waals surface area contributed by atoms with Gasteiger partial charge < -0.3 is 9.47 Å². The second-order valence-electron chi connectivity index (χ2n) is 10.6. The van der Waals surface area contributed by atoms with Gasteiger partial charge in [-0.15, -0.1) is 10.2 Å². The maximum atomic E-state index is 8.91. The van der Waals surface area contributed by atoms with Crippen molar-refractivity contribution in [3.63, 3.8) is 0 Å². The van der Waals surface area contributed by atoms with Crippen molar-refractivity contribution in [1.29, 1.82) is 0 Å². The third kappa shape index (κ3) is 6.59. The van der Waals surface area contributed by atoms with Crippen LogP contribution in [0, 0.1) is 0 Å². The first kappa shape index (κ1) is 28.4. The number of nitrogens with zero attached hydrogens (tertiary/aromatic N) is 11. The number of fused-ring (bicyclic) bond motifs is 2. The monoisotopic (exact) mass is 609 g/mol. The Kier molecular flexibility index (Phi) is 8.11. The normalized spacial score (nSPS) is 11.0.